The van der Waals surface area contributed by atoms with Gasteiger partial charge >= 0.3 is 0 Å². The van der Waals surface area contributed by atoms with Crippen LogP contribution in [0, 0.1) is 5.82 Å². The van der Waals surface area contributed by atoms with Crippen LogP contribution >= 0.6 is 0 Å². The molecule has 0 N–H and O–H groups in total. The van der Waals surface area contributed by atoms with Crippen molar-refractivity contribution in [1.29, 1.82) is 0 Å². The van der Waals surface area contributed by atoms with Crippen LogP contribution in [0.15, 0.2) is 12.3 Å². The van der Waals surface area contributed by atoms with E-state index in [1.807, 2.05) is 13.8 Å². The molecule has 16 heavy (non-hydrogen) atoms. The number of anilines is 1. The molecule has 0 bridgehead atoms. The molecule has 2 rings (SSSR count). The van der Waals surface area contributed by atoms with Crippen molar-refractivity contribution in [2.24, 2.45) is 0 Å². The fourth-order valence-corrected chi connectivity index (χ4v) is 1.93. The molecule has 86 valence electrons. The first-order chi connectivity index (χ1) is 7.59. The maximum Gasteiger partial charge on any atom is 0.227 e. The van der Waals surface area contributed by atoms with Crippen molar-refractivity contribution >= 4 is 11.6 Å². The van der Waals surface area contributed by atoms with E-state index in [1.165, 1.54) is 6.07 Å². The highest BCUT2D eigenvalue weighted by atomic mass is 19.1. The Morgan fingerprint density at radius 3 is 2.75 bits per heavy atom. The van der Waals surface area contributed by atoms with E-state index in [4.69, 9.17) is 0 Å². The first-order valence-electron chi connectivity index (χ1n) is 5.55. The smallest absolute Gasteiger partial charge is 0.227 e. The number of nitrogens with zero attached hydrogens (tertiary/aromatic N) is 2. The number of amides is 1. The molecule has 2 heterocycles. The summed E-state index contributed by atoms with van der Waals surface area (Å²) >= 11 is 0. The molecule has 1 saturated heterocycles. The van der Waals surface area contributed by atoms with Gasteiger partial charge < -0.3 is 4.90 Å². The Bertz CT molecular complexity index is 417. The van der Waals surface area contributed by atoms with Crippen molar-refractivity contribution < 1.29 is 9.18 Å². The molecule has 1 aromatic rings. The van der Waals surface area contributed by atoms with Crippen molar-refractivity contribution in [2.45, 2.75) is 32.6 Å². The predicted octanol–water partition coefficient (Wildman–Crippen LogP) is 2.47. The monoisotopic (exact) mass is 222 g/mol. The molecular weight excluding hydrogens is 207 g/mol. The summed E-state index contributed by atoms with van der Waals surface area (Å²) in [6.45, 7) is 4.46. The van der Waals surface area contributed by atoms with Crippen LogP contribution in [0.1, 0.15) is 38.3 Å². The molecule has 4 heteroatoms. The van der Waals surface area contributed by atoms with Crippen molar-refractivity contribution in [3.63, 3.8) is 0 Å². The van der Waals surface area contributed by atoms with E-state index in [2.05, 4.69) is 4.98 Å². The van der Waals surface area contributed by atoms with Crippen molar-refractivity contribution in [3.8, 4) is 0 Å². The second-order valence-electron chi connectivity index (χ2n) is 4.36. The lowest BCUT2D eigenvalue weighted by Gasteiger charge is -2.16. The SMILES string of the molecule is CC(C)c1ncc(N2CCCC2=O)cc1F. The number of hydrogen-bond donors (Lipinski definition) is 0. The van der Waals surface area contributed by atoms with E-state index in [0.717, 1.165) is 6.42 Å². The summed E-state index contributed by atoms with van der Waals surface area (Å²) in [6, 6.07) is 1.41. The number of hydrogen-bond acceptors (Lipinski definition) is 2. The number of pyridine rings is 1. The maximum absolute atomic E-state index is 13.7. The van der Waals surface area contributed by atoms with Gasteiger partial charge in [0, 0.05) is 19.0 Å². The third-order valence-corrected chi connectivity index (χ3v) is 2.79. The summed E-state index contributed by atoms with van der Waals surface area (Å²) in [6.07, 6.45) is 2.97. The average molecular weight is 222 g/mol. The van der Waals surface area contributed by atoms with E-state index in [1.54, 1.807) is 11.1 Å². The maximum atomic E-state index is 13.7. The number of carbonyl (C=O) groups excluding carboxylic acids is 1. The van der Waals surface area contributed by atoms with E-state index < -0.39 is 0 Å². The zero-order chi connectivity index (χ0) is 11.7. The summed E-state index contributed by atoms with van der Waals surface area (Å²) in [5.74, 6) is -0.214. The fraction of sp³-hybridized carbons (Fsp3) is 0.500. The van der Waals surface area contributed by atoms with Gasteiger partial charge in [-0.25, -0.2) is 4.39 Å². The molecule has 1 aliphatic rings. The number of rotatable bonds is 2. The Morgan fingerprint density at radius 1 is 1.50 bits per heavy atom. The van der Waals surface area contributed by atoms with Crippen LogP contribution in [0.3, 0.4) is 0 Å². The summed E-state index contributed by atoms with van der Waals surface area (Å²) in [5, 5.41) is 0. The van der Waals surface area contributed by atoms with Gasteiger partial charge in [-0.1, -0.05) is 13.8 Å². The topological polar surface area (TPSA) is 33.2 Å². The van der Waals surface area contributed by atoms with Gasteiger partial charge in [-0.15, -0.1) is 0 Å². The van der Waals surface area contributed by atoms with Crippen LogP contribution in [0.4, 0.5) is 10.1 Å². The molecule has 0 spiro atoms. The molecule has 0 aliphatic carbocycles. The van der Waals surface area contributed by atoms with Gasteiger partial charge in [-0.05, 0) is 12.3 Å². The van der Waals surface area contributed by atoms with E-state index in [9.17, 15) is 9.18 Å². The standard InChI is InChI=1S/C12H15FN2O/c1-8(2)12-10(13)6-9(7-14-12)15-5-3-4-11(15)16/h6-8H,3-5H2,1-2H3. The molecule has 1 aromatic heterocycles. The minimum atomic E-state index is -0.327. The van der Waals surface area contributed by atoms with E-state index in [-0.39, 0.29) is 17.6 Å². The third-order valence-electron chi connectivity index (χ3n) is 2.79. The minimum absolute atomic E-state index is 0.0542. The zero-order valence-electron chi connectivity index (χ0n) is 9.53. The first kappa shape index (κ1) is 11.0. The van der Waals surface area contributed by atoms with Gasteiger partial charge in [0.2, 0.25) is 5.91 Å². The lowest BCUT2D eigenvalue weighted by Crippen LogP contribution is -2.24. The van der Waals surface area contributed by atoms with Gasteiger partial charge in [-0.2, -0.15) is 0 Å². The molecule has 1 aliphatic heterocycles. The van der Waals surface area contributed by atoms with E-state index in [0.29, 0.717) is 24.3 Å². The largest absolute Gasteiger partial charge is 0.311 e. The van der Waals surface area contributed by atoms with E-state index >= 15 is 0 Å². The van der Waals surface area contributed by atoms with Gasteiger partial charge in [0.15, 0.2) is 0 Å². The first-order valence-corrected chi connectivity index (χ1v) is 5.55. The van der Waals surface area contributed by atoms with Gasteiger partial charge in [-0.3, -0.25) is 9.78 Å². The molecule has 0 radical (unpaired) electrons. The Morgan fingerprint density at radius 2 is 2.25 bits per heavy atom. The minimum Gasteiger partial charge on any atom is -0.311 e. The number of aromatic nitrogens is 1. The quantitative estimate of drug-likeness (QED) is 0.770. The average Bonchev–Trinajstić information content (AvgIpc) is 2.63. The Hall–Kier alpha value is -1.45. The fourth-order valence-electron chi connectivity index (χ4n) is 1.93. The summed E-state index contributed by atoms with van der Waals surface area (Å²) in [4.78, 5) is 17.2. The zero-order valence-corrected chi connectivity index (χ0v) is 9.53. The summed E-state index contributed by atoms with van der Waals surface area (Å²) in [7, 11) is 0. The van der Waals surface area contributed by atoms with Crippen LogP contribution in [-0.2, 0) is 4.79 Å². The van der Waals surface area contributed by atoms with Crippen LogP contribution in [0.25, 0.3) is 0 Å². The van der Waals surface area contributed by atoms with Crippen LogP contribution in [0.5, 0.6) is 0 Å². The highest BCUT2D eigenvalue weighted by molar-refractivity contribution is 5.95. The second-order valence-corrected chi connectivity index (χ2v) is 4.36. The van der Waals surface area contributed by atoms with Crippen LogP contribution in [0.2, 0.25) is 0 Å². The summed E-state index contributed by atoms with van der Waals surface area (Å²) in [5.41, 5.74) is 1.03. The summed E-state index contributed by atoms with van der Waals surface area (Å²) < 4.78 is 13.7. The van der Waals surface area contributed by atoms with Gasteiger partial charge in [0.25, 0.3) is 0 Å². The number of carbonyl (C=O) groups is 1. The Labute approximate surface area is 94.3 Å². The van der Waals surface area contributed by atoms with Gasteiger partial charge in [0.1, 0.15) is 5.82 Å². The van der Waals surface area contributed by atoms with Crippen molar-refractivity contribution in [2.75, 3.05) is 11.4 Å². The normalized spacial score (nSPS) is 16.2. The molecule has 1 fully saturated rings. The molecular formula is C12H15FN2O. The predicted molar refractivity (Wildman–Crippen MR) is 59.9 cm³/mol. The van der Waals surface area contributed by atoms with Gasteiger partial charge in [0.05, 0.1) is 17.6 Å². The highest BCUT2D eigenvalue weighted by Crippen LogP contribution is 2.24. The second kappa shape index (κ2) is 4.20. The number of halogens is 1. The molecule has 0 saturated carbocycles. The van der Waals surface area contributed by atoms with Crippen LogP contribution in [-0.4, -0.2) is 17.4 Å². The molecule has 0 aromatic carbocycles. The van der Waals surface area contributed by atoms with Crippen LogP contribution < -0.4 is 4.90 Å². The molecule has 1 amide bonds. The Kier molecular flexibility index (Phi) is 2.90. The lowest BCUT2D eigenvalue weighted by atomic mass is 10.1. The van der Waals surface area contributed by atoms with Crippen molar-refractivity contribution in [1.82, 2.24) is 4.98 Å². The lowest BCUT2D eigenvalue weighted by molar-refractivity contribution is -0.117. The third kappa shape index (κ3) is 1.92. The molecule has 3 nitrogen and oxygen atoms in total. The Balaban J connectivity index is 2.30. The molecule has 0 atom stereocenters. The van der Waals surface area contributed by atoms with Crippen molar-refractivity contribution in [3.05, 3.63) is 23.8 Å². The molecule has 0 unspecified atom stereocenters. The highest BCUT2D eigenvalue weighted by Gasteiger charge is 2.23.